The fourth-order valence-corrected chi connectivity index (χ4v) is 2.57. The molecule has 20 heavy (non-hydrogen) atoms. The van der Waals surface area contributed by atoms with Crippen molar-refractivity contribution in [2.45, 2.75) is 53.2 Å². The third kappa shape index (κ3) is 5.29. The predicted octanol–water partition coefficient (Wildman–Crippen LogP) is 3.36. The lowest BCUT2D eigenvalue weighted by atomic mass is 9.89. The number of nitrogens with one attached hydrogen (secondary N) is 1. The minimum Gasteiger partial charge on any atom is -0.391 e. The number of aliphatic hydroxyl groups is 1. The van der Waals surface area contributed by atoms with Crippen LogP contribution in [-0.2, 0) is 0 Å². The molecule has 0 aromatic carbocycles. The van der Waals surface area contributed by atoms with Gasteiger partial charge in [-0.25, -0.2) is 0 Å². The van der Waals surface area contributed by atoms with E-state index in [0.29, 0.717) is 12.1 Å². The van der Waals surface area contributed by atoms with Crippen molar-refractivity contribution in [1.82, 2.24) is 9.88 Å². The lowest BCUT2D eigenvalue weighted by molar-refractivity contribution is 0.0859. The zero-order chi connectivity index (χ0) is 15.5. The van der Waals surface area contributed by atoms with E-state index in [1.54, 1.807) is 6.07 Å². The first-order chi connectivity index (χ1) is 9.10. The molecule has 1 aromatic heterocycles. The summed E-state index contributed by atoms with van der Waals surface area (Å²) in [5, 5.41) is 12.7. The topological polar surface area (TPSA) is 54.3 Å². The van der Waals surface area contributed by atoms with Crippen LogP contribution in [0.1, 0.15) is 57.6 Å². The number of hydrogen-bond donors (Lipinski definition) is 2. The van der Waals surface area contributed by atoms with Gasteiger partial charge >= 0.3 is 0 Å². The van der Waals surface area contributed by atoms with Crippen LogP contribution in [0.2, 0.25) is 0 Å². The van der Waals surface area contributed by atoms with Crippen LogP contribution >= 0.6 is 15.9 Å². The Morgan fingerprint density at radius 3 is 2.55 bits per heavy atom. The standard InChI is InChI=1S/C15H25BrN2O2/c1-10(2)18-9-11(16)6-13(18)14(20)17-8-12(19)7-15(3,4)5/h6,9-10,12,19H,7-8H2,1-5H3,(H,17,20). The van der Waals surface area contributed by atoms with E-state index in [-0.39, 0.29) is 23.9 Å². The van der Waals surface area contributed by atoms with E-state index < -0.39 is 6.10 Å². The minimum atomic E-state index is -0.523. The Hall–Kier alpha value is -0.810. The second-order valence-corrected chi connectivity index (χ2v) is 7.59. The Balaban J connectivity index is 2.64. The Morgan fingerprint density at radius 1 is 1.45 bits per heavy atom. The SMILES string of the molecule is CC(C)n1cc(Br)cc1C(=O)NCC(O)CC(C)(C)C. The maximum atomic E-state index is 12.2. The molecule has 1 atom stereocenters. The molecule has 0 saturated heterocycles. The Bertz CT molecular complexity index is 461. The first-order valence-corrected chi connectivity index (χ1v) is 7.73. The second kappa shape index (κ2) is 6.76. The fourth-order valence-electron chi connectivity index (χ4n) is 2.13. The van der Waals surface area contributed by atoms with E-state index in [4.69, 9.17) is 0 Å². The van der Waals surface area contributed by atoms with Crippen LogP contribution in [0.15, 0.2) is 16.7 Å². The third-order valence-electron chi connectivity index (χ3n) is 2.95. The molecule has 2 N–H and O–H groups in total. The summed E-state index contributed by atoms with van der Waals surface area (Å²) in [5.74, 6) is -0.155. The Morgan fingerprint density at radius 2 is 2.05 bits per heavy atom. The highest BCUT2D eigenvalue weighted by Gasteiger charge is 2.19. The van der Waals surface area contributed by atoms with Crippen molar-refractivity contribution in [1.29, 1.82) is 0 Å². The molecule has 0 aliphatic heterocycles. The number of carbonyl (C=O) groups is 1. The van der Waals surface area contributed by atoms with Gasteiger partial charge in [0.2, 0.25) is 0 Å². The van der Waals surface area contributed by atoms with Crippen molar-refractivity contribution < 1.29 is 9.90 Å². The highest BCUT2D eigenvalue weighted by molar-refractivity contribution is 9.10. The van der Waals surface area contributed by atoms with Gasteiger partial charge < -0.3 is 15.0 Å². The molecule has 114 valence electrons. The van der Waals surface area contributed by atoms with Gasteiger partial charge in [-0.2, -0.15) is 0 Å². The molecule has 0 fully saturated rings. The lowest BCUT2D eigenvalue weighted by Gasteiger charge is -2.22. The molecule has 5 heteroatoms. The first-order valence-electron chi connectivity index (χ1n) is 6.94. The molecule has 1 aromatic rings. The van der Waals surface area contributed by atoms with Gasteiger partial charge in [0.05, 0.1) is 6.10 Å². The summed E-state index contributed by atoms with van der Waals surface area (Å²) >= 11 is 3.39. The van der Waals surface area contributed by atoms with E-state index >= 15 is 0 Å². The highest BCUT2D eigenvalue weighted by atomic mass is 79.9. The molecule has 1 rings (SSSR count). The van der Waals surface area contributed by atoms with E-state index in [0.717, 1.165) is 4.47 Å². The monoisotopic (exact) mass is 344 g/mol. The zero-order valence-corrected chi connectivity index (χ0v) is 14.5. The average Bonchev–Trinajstić information content (AvgIpc) is 2.66. The smallest absolute Gasteiger partial charge is 0.268 e. The van der Waals surface area contributed by atoms with Crippen molar-refractivity contribution in [2.75, 3.05) is 6.54 Å². The summed E-state index contributed by atoms with van der Waals surface area (Å²) in [5.41, 5.74) is 0.653. The van der Waals surface area contributed by atoms with Crippen molar-refractivity contribution in [3.63, 3.8) is 0 Å². The molecule has 4 nitrogen and oxygen atoms in total. The van der Waals surface area contributed by atoms with Crippen molar-refractivity contribution >= 4 is 21.8 Å². The van der Waals surface area contributed by atoms with Gasteiger partial charge in [-0.15, -0.1) is 0 Å². The van der Waals surface area contributed by atoms with Crippen LogP contribution in [0.5, 0.6) is 0 Å². The molecule has 1 amide bonds. The normalized spacial score (nSPS) is 13.6. The number of rotatable bonds is 5. The molecule has 0 bridgehead atoms. The Kier molecular flexibility index (Phi) is 5.83. The van der Waals surface area contributed by atoms with Crippen molar-refractivity contribution in [3.05, 3.63) is 22.4 Å². The molecule has 1 unspecified atom stereocenters. The molecule has 0 spiro atoms. The van der Waals surface area contributed by atoms with E-state index in [2.05, 4.69) is 42.0 Å². The van der Waals surface area contributed by atoms with Crippen molar-refractivity contribution in [2.24, 2.45) is 5.41 Å². The van der Waals surface area contributed by atoms with Crippen LogP contribution < -0.4 is 5.32 Å². The van der Waals surface area contributed by atoms with Crippen LogP contribution in [0.4, 0.5) is 0 Å². The zero-order valence-electron chi connectivity index (χ0n) is 12.9. The van der Waals surface area contributed by atoms with Gasteiger partial charge in [0.25, 0.3) is 5.91 Å². The fraction of sp³-hybridized carbons (Fsp3) is 0.667. The number of nitrogens with zero attached hydrogens (tertiary/aromatic N) is 1. The highest BCUT2D eigenvalue weighted by Crippen LogP contribution is 2.21. The van der Waals surface area contributed by atoms with Crippen molar-refractivity contribution in [3.8, 4) is 0 Å². The summed E-state index contributed by atoms with van der Waals surface area (Å²) < 4.78 is 2.79. The lowest BCUT2D eigenvalue weighted by Crippen LogP contribution is -2.35. The maximum Gasteiger partial charge on any atom is 0.268 e. The molecule has 0 saturated carbocycles. The number of hydrogen-bond acceptors (Lipinski definition) is 2. The molecular formula is C15H25BrN2O2. The first kappa shape index (κ1) is 17.2. The van der Waals surface area contributed by atoms with Crippen LogP contribution in [0.25, 0.3) is 0 Å². The number of halogens is 1. The summed E-state index contributed by atoms with van der Waals surface area (Å²) in [6.45, 7) is 10.5. The number of aromatic nitrogens is 1. The number of aliphatic hydroxyl groups excluding tert-OH is 1. The van der Waals surface area contributed by atoms with Gasteiger partial charge in [0, 0.05) is 23.3 Å². The number of amides is 1. The molecule has 0 aliphatic rings. The quantitative estimate of drug-likeness (QED) is 0.860. The van der Waals surface area contributed by atoms with E-state index in [1.165, 1.54) is 0 Å². The average molecular weight is 345 g/mol. The van der Waals surface area contributed by atoms with E-state index in [9.17, 15) is 9.90 Å². The molecule has 0 aliphatic carbocycles. The summed E-state index contributed by atoms with van der Waals surface area (Å²) in [6, 6.07) is 2.01. The number of carbonyl (C=O) groups excluding carboxylic acids is 1. The Labute approximate surface area is 129 Å². The van der Waals surface area contributed by atoms with Gasteiger partial charge in [-0.1, -0.05) is 20.8 Å². The van der Waals surface area contributed by atoms with Gasteiger partial charge in [-0.3, -0.25) is 4.79 Å². The van der Waals surface area contributed by atoms with Crippen LogP contribution in [0, 0.1) is 5.41 Å². The summed E-state index contributed by atoms with van der Waals surface area (Å²) in [7, 11) is 0. The van der Waals surface area contributed by atoms with Gasteiger partial charge in [-0.05, 0) is 47.7 Å². The van der Waals surface area contributed by atoms with Crippen LogP contribution in [0.3, 0.4) is 0 Å². The predicted molar refractivity (Wildman–Crippen MR) is 84.9 cm³/mol. The van der Waals surface area contributed by atoms with Gasteiger partial charge in [0.15, 0.2) is 0 Å². The molecule has 1 heterocycles. The third-order valence-corrected chi connectivity index (χ3v) is 3.38. The van der Waals surface area contributed by atoms with E-state index in [1.807, 2.05) is 24.6 Å². The molecular weight excluding hydrogens is 320 g/mol. The van der Waals surface area contributed by atoms with Gasteiger partial charge in [0.1, 0.15) is 5.69 Å². The maximum absolute atomic E-state index is 12.2. The molecule has 0 radical (unpaired) electrons. The largest absolute Gasteiger partial charge is 0.391 e. The summed E-state index contributed by atoms with van der Waals surface area (Å²) in [4.78, 5) is 12.2. The summed E-state index contributed by atoms with van der Waals surface area (Å²) in [6.07, 6.45) is 2.03. The second-order valence-electron chi connectivity index (χ2n) is 6.67. The minimum absolute atomic E-state index is 0.0469. The van der Waals surface area contributed by atoms with Crippen LogP contribution in [-0.4, -0.2) is 28.2 Å².